The van der Waals surface area contributed by atoms with E-state index in [0.29, 0.717) is 0 Å². The van der Waals surface area contributed by atoms with Crippen molar-refractivity contribution in [3.05, 3.63) is 224 Å². The highest BCUT2D eigenvalue weighted by atomic mass is 16.3. The fraction of sp³-hybridized carbons (Fsp3) is 0. The Morgan fingerprint density at radius 1 is 0.279 bits per heavy atom. The molecule has 3 heteroatoms. The van der Waals surface area contributed by atoms with Crippen LogP contribution >= 0.6 is 0 Å². The highest BCUT2D eigenvalue weighted by molar-refractivity contribution is 6.10. The molecule has 0 atom stereocenters. The van der Waals surface area contributed by atoms with E-state index in [1.54, 1.807) is 0 Å². The summed E-state index contributed by atoms with van der Waals surface area (Å²) in [6.45, 7) is 0. The first-order chi connectivity index (χ1) is 30.2. The molecule has 3 nitrogen and oxygen atoms in total. The van der Waals surface area contributed by atoms with Crippen LogP contribution in [0, 0.1) is 0 Å². The summed E-state index contributed by atoms with van der Waals surface area (Å²) in [6.07, 6.45) is 0. The molecule has 0 spiro atoms. The van der Waals surface area contributed by atoms with Crippen molar-refractivity contribution >= 4 is 71.7 Å². The smallest absolute Gasteiger partial charge is 0.143 e. The number of nitrogens with zero attached hydrogens (tertiary/aromatic N) is 1. The second kappa shape index (κ2) is 14.3. The summed E-state index contributed by atoms with van der Waals surface area (Å²) in [4.78, 5) is 2.41. The SMILES string of the molecule is c1ccc(-c2ccccc2N(c2ccc(-c3cccc4c3oc3ccccc34)cc2)c2ccccc2-c2ccc3c(c2)oc2ccccc23)c(-c2ccc3ccccc3c2)c1. The van der Waals surface area contributed by atoms with Gasteiger partial charge >= 0.3 is 0 Å². The summed E-state index contributed by atoms with van der Waals surface area (Å²) in [5.41, 5.74) is 15.7. The van der Waals surface area contributed by atoms with Crippen molar-refractivity contribution in [2.24, 2.45) is 0 Å². The largest absolute Gasteiger partial charge is 0.456 e. The van der Waals surface area contributed by atoms with Crippen LogP contribution in [-0.4, -0.2) is 0 Å². The van der Waals surface area contributed by atoms with Crippen LogP contribution in [0.25, 0.3) is 99.2 Å². The van der Waals surface area contributed by atoms with Gasteiger partial charge in [-0.3, -0.25) is 0 Å². The number of para-hydroxylation sites is 5. The first-order valence-corrected chi connectivity index (χ1v) is 20.7. The van der Waals surface area contributed by atoms with Crippen LogP contribution in [0.5, 0.6) is 0 Å². The summed E-state index contributed by atoms with van der Waals surface area (Å²) < 4.78 is 12.9. The van der Waals surface area contributed by atoms with Gasteiger partial charge in [-0.15, -0.1) is 0 Å². The molecule has 286 valence electrons. The lowest BCUT2D eigenvalue weighted by Gasteiger charge is -2.30. The Balaban J connectivity index is 1.05. The highest BCUT2D eigenvalue weighted by Gasteiger charge is 2.23. The summed E-state index contributed by atoms with van der Waals surface area (Å²) in [5, 5.41) is 6.93. The van der Waals surface area contributed by atoms with Crippen LogP contribution in [0.15, 0.2) is 233 Å². The van der Waals surface area contributed by atoms with E-state index in [4.69, 9.17) is 8.83 Å². The fourth-order valence-electron chi connectivity index (χ4n) is 9.20. The molecule has 0 aliphatic heterocycles. The van der Waals surface area contributed by atoms with Crippen LogP contribution in [0.4, 0.5) is 17.1 Å². The molecule has 0 saturated carbocycles. The first kappa shape index (κ1) is 34.9. The highest BCUT2D eigenvalue weighted by Crippen LogP contribution is 2.47. The number of furan rings is 2. The average Bonchev–Trinajstić information content (AvgIpc) is 3.90. The number of anilines is 3. The molecular weight excluding hydrogens is 743 g/mol. The maximum atomic E-state index is 6.49. The van der Waals surface area contributed by atoms with Crippen LogP contribution in [-0.2, 0) is 0 Å². The number of hydrogen-bond donors (Lipinski definition) is 0. The van der Waals surface area contributed by atoms with Gasteiger partial charge in [0.15, 0.2) is 0 Å². The third kappa shape index (κ3) is 5.90. The normalized spacial score (nSPS) is 11.6. The van der Waals surface area contributed by atoms with E-state index in [2.05, 4.69) is 205 Å². The van der Waals surface area contributed by atoms with Crippen LogP contribution in [0.2, 0.25) is 0 Å². The molecule has 2 aromatic heterocycles. The third-order valence-corrected chi connectivity index (χ3v) is 12.1. The lowest BCUT2D eigenvalue weighted by atomic mass is 9.91. The van der Waals surface area contributed by atoms with Gasteiger partial charge in [0.25, 0.3) is 0 Å². The standard InChI is InChI=1S/C58H37NO2/c1-2-15-40-36-41(29-28-38(40)14-1)44-16-3-4-18-47(44)48-19-6-10-25-54(48)59(43-33-30-39(31-34-43)46-22-13-23-52-50-21-8-12-27-56(50)61-58(46)52)53-24-9-5-17-45(53)42-32-35-51-49-20-7-11-26-55(49)60-57(51)37-42/h1-37H. The summed E-state index contributed by atoms with van der Waals surface area (Å²) in [5.74, 6) is 0. The molecule has 10 aromatic carbocycles. The maximum absolute atomic E-state index is 6.49. The minimum atomic E-state index is 0.869. The Morgan fingerprint density at radius 3 is 1.61 bits per heavy atom. The summed E-state index contributed by atoms with van der Waals surface area (Å²) >= 11 is 0. The molecule has 0 radical (unpaired) electrons. The Morgan fingerprint density at radius 2 is 0.803 bits per heavy atom. The second-order valence-corrected chi connectivity index (χ2v) is 15.6. The molecule has 0 aliphatic rings. The summed E-state index contributed by atoms with van der Waals surface area (Å²) in [7, 11) is 0. The van der Waals surface area contributed by atoms with E-state index < -0.39 is 0 Å². The van der Waals surface area contributed by atoms with Crippen molar-refractivity contribution in [2.45, 2.75) is 0 Å². The van der Waals surface area contributed by atoms with Crippen molar-refractivity contribution < 1.29 is 8.83 Å². The van der Waals surface area contributed by atoms with Gasteiger partial charge in [0.1, 0.15) is 22.3 Å². The van der Waals surface area contributed by atoms with E-state index in [9.17, 15) is 0 Å². The monoisotopic (exact) mass is 779 g/mol. The van der Waals surface area contributed by atoms with Crippen molar-refractivity contribution in [2.75, 3.05) is 4.90 Å². The maximum Gasteiger partial charge on any atom is 0.143 e. The van der Waals surface area contributed by atoms with E-state index >= 15 is 0 Å². The van der Waals surface area contributed by atoms with Crippen molar-refractivity contribution in [3.8, 4) is 44.5 Å². The predicted octanol–water partition coefficient (Wildman–Crippen LogP) is 16.8. The van der Waals surface area contributed by atoms with Gasteiger partial charge in [0.05, 0.1) is 11.4 Å². The van der Waals surface area contributed by atoms with Crippen molar-refractivity contribution in [1.82, 2.24) is 0 Å². The van der Waals surface area contributed by atoms with Crippen LogP contribution in [0.1, 0.15) is 0 Å². The minimum absolute atomic E-state index is 0.869. The van der Waals surface area contributed by atoms with Crippen LogP contribution < -0.4 is 4.90 Å². The Hall–Kier alpha value is -8.14. The quantitative estimate of drug-likeness (QED) is 0.161. The third-order valence-electron chi connectivity index (χ3n) is 12.1. The van der Waals surface area contributed by atoms with Gasteiger partial charge in [0, 0.05) is 43.9 Å². The molecule has 0 aliphatic carbocycles. The van der Waals surface area contributed by atoms with Gasteiger partial charge in [0.2, 0.25) is 0 Å². The second-order valence-electron chi connectivity index (χ2n) is 15.6. The van der Waals surface area contributed by atoms with Gasteiger partial charge in [-0.1, -0.05) is 170 Å². The lowest BCUT2D eigenvalue weighted by Crippen LogP contribution is -2.12. The van der Waals surface area contributed by atoms with Gasteiger partial charge < -0.3 is 13.7 Å². The zero-order valence-electron chi connectivity index (χ0n) is 33.1. The molecule has 0 unspecified atom stereocenters. The lowest BCUT2D eigenvalue weighted by molar-refractivity contribution is 0.669. The Labute approximate surface area is 353 Å². The van der Waals surface area contributed by atoms with E-state index in [0.717, 1.165) is 94.3 Å². The number of hydrogen-bond acceptors (Lipinski definition) is 3. The first-order valence-electron chi connectivity index (χ1n) is 20.7. The zero-order chi connectivity index (χ0) is 40.3. The minimum Gasteiger partial charge on any atom is -0.456 e. The van der Waals surface area contributed by atoms with Crippen LogP contribution in [0.3, 0.4) is 0 Å². The van der Waals surface area contributed by atoms with Crippen molar-refractivity contribution in [1.29, 1.82) is 0 Å². The molecule has 12 aromatic rings. The average molecular weight is 780 g/mol. The molecular formula is C58H37NO2. The fourth-order valence-corrected chi connectivity index (χ4v) is 9.20. The Bertz CT molecular complexity index is 3610. The topological polar surface area (TPSA) is 29.5 Å². The summed E-state index contributed by atoms with van der Waals surface area (Å²) in [6, 6.07) is 80.1. The number of fused-ring (bicyclic) bond motifs is 7. The molecule has 0 amide bonds. The molecule has 2 heterocycles. The Kier molecular flexibility index (Phi) is 8.17. The van der Waals surface area contributed by atoms with Gasteiger partial charge in [-0.05, 0) is 93.2 Å². The van der Waals surface area contributed by atoms with E-state index in [1.165, 1.54) is 21.9 Å². The molecule has 0 bridgehead atoms. The molecule has 0 N–H and O–H groups in total. The van der Waals surface area contributed by atoms with E-state index in [1.807, 2.05) is 24.3 Å². The van der Waals surface area contributed by atoms with Gasteiger partial charge in [-0.2, -0.15) is 0 Å². The van der Waals surface area contributed by atoms with E-state index in [-0.39, 0.29) is 0 Å². The molecule has 0 saturated heterocycles. The molecule has 12 rings (SSSR count). The predicted molar refractivity (Wildman–Crippen MR) is 255 cm³/mol. The molecule has 61 heavy (non-hydrogen) atoms. The van der Waals surface area contributed by atoms with Gasteiger partial charge in [-0.25, -0.2) is 0 Å². The molecule has 0 fully saturated rings. The number of benzene rings is 10. The van der Waals surface area contributed by atoms with Crippen molar-refractivity contribution in [3.63, 3.8) is 0 Å². The zero-order valence-corrected chi connectivity index (χ0v) is 33.1. The number of rotatable bonds is 7.